The fourth-order valence-electron chi connectivity index (χ4n) is 4.04. The molecular weight excluding hydrogens is 602 g/mol. The van der Waals surface area contributed by atoms with E-state index in [2.05, 4.69) is 21.2 Å². The summed E-state index contributed by atoms with van der Waals surface area (Å²) in [5.41, 5.74) is 1.86. The first-order chi connectivity index (χ1) is 18.5. The van der Waals surface area contributed by atoms with E-state index in [1.54, 1.807) is 38.1 Å². The predicted molar refractivity (Wildman–Crippen MR) is 159 cm³/mol. The first-order valence-corrected chi connectivity index (χ1v) is 15.3. The van der Waals surface area contributed by atoms with Crippen LogP contribution in [-0.2, 0) is 26.2 Å². The van der Waals surface area contributed by atoms with Gasteiger partial charge in [-0.2, -0.15) is 0 Å². The first kappa shape index (κ1) is 30.7. The molecule has 1 atom stereocenters. The van der Waals surface area contributed by atoms with Crippen LogP contribution in [0.1, 0.15) is 37.8 Å². The third-order valence-corrected chi connectivity index (χ3v) is 8.82. The monoisotopic (exact) mass is 633 g/mol. The lowest BCUT2D eigenvalue weighted by Crippen LogP contribution is -2.51. The van der Waals surface area contributed by atoms with E-state index in [1.807, 2.05) is 31.2 Å². The summed E-state index contributed by atoms with van der Waals surface area (Å²) in [5, 5.41) is 3.28. The van der Waals surface area contributed by atoms with Gasteiger partial charge in [0.25, 0.3) is 10.0 Å². The first-order valence-electron chi connectivity index (χ1n) is 12.7. The predicted octanol–water partition coefficient (Wildman–Crippen LogP) is 5.94. The highest BCUT2D eigenvalue weighted by Crippen LogP contribution is 2.28. The van der Waals surface area contributed by atoms with Crippen LogP contribution in [0.2, 0.25) is 5.02 Å². The molecule has 1 N–H and O–H groups in total. The molecule has 0 aliphatic rings. The highest BCUT2D eigenvalue weighted by Gasteiger charge is 2.33. The average Bonchev–Trinajstić information content (AvgIpc) is 2.90. The molecule has 0 aliphatic carbocycles. The molecule has 2 amide bonds. The van der Waals surface area contributed by atoms with Gasteiger partial charge in [0.15, 0.2) is 0 Å². The van der Waals surface area contributed by atoms with Crippen molar-refractivity contribution in [2.24, 2.45) is 0 Å². The van der Waals surface area contributed by atoms with Crippen molar-refractivity contribution >= 4 is 55.1 Å². The third-order valence-electron chi connectivity index (χ3n) is 6.30. The Hall–Kier alpha value is -2.88. The lowest BCUT2D eigenvalue weighted by molar-refractivity contribution is -0.139. The second-order valence-corrected chi connectivity index (χ2v) is 12.4. The van der Waals surface area contributed by atoms with E-state index >= 15 is 0 Å². The lowest BCUT2D eigenvalue weighted by atomic mass is 10.1. The Morgan fingerprint density at radius 3 is 2.36 bits per heavy atom. The summed E-state index contributed by atoms with van der Waals surface area (Å²) in [6, 6.07) is 19.4. The number of hydrogen-bond donors (Lipinski definition) is 1. The van der Waals surface area contributed by atoms with Crippen LogP contribution in [0.5, 0.6) is 0 Å². The number of sulfonamides is 1. The zero-order valence-corrected chi connectivity index (χ0v) is 25.4. The van der Waals surface area contributed by atoms with Gasteiger partial charge in [-0.3, -0.25) is 13.9 Å². The summed E-state index contributed by atoms with van der Waals surface area (Å²) in [5.74, 6) is -0.802. The number of carbonyl (C=O) groups excluding carboxylic acids is 2. The van der Waals surface area contributed by atoms with Gasteiger partial charge in [0.05, 0.1) is 10.6 Å². The largest absolute Gasteiger partial charge is 0.354 e. The summed E-state index contributed by atoms with van der Waals surface area (Å²) in [4.78, 5) is 28.4. The van der Waals surface area contributed by atoms with Crippen molar-refractivity contribution < 1.29 is 18.0 Å². The third kappa shape index (κ3) is 8.06. The lowest BCUT2D eigenvalue weighted by Gasteiger charge is -2.32. The van der Waals surface area contributed by atoms with Crippen LogP contribution in [0.15, 0.2) is 82.2 Å². The number of hydrogen-bond acceptors (Lipinski definition) is 4. The van der Waals surface area contributed by atoms with Crippen LogP contribution >= 0.6 is 27.5 Å². The van der Waals surface area contributed by atoms with E-state index < -0.39 is 28.5 Å². The number of rotatable bonds is 12. The Morgan fingerprint density at radius 2 is 1.72 bits per heavy atom. The number of benzene rings is 3. The van der Waals surface area contributed by atoms with Gasteiger partial charge < -0.3 is 10.2 Å². The van der Waals surface area contributed by atoms with E-state index in [9.17, 15) is 18.0 Å². The van der Waals surface area contributed by atoms with Gasteiger partial charge in [0, 0.05) is 22.6 Å². The Bertz CT molecular complexity index is 1400. The number of unbranched alkanes of at least 4 members (excludes halogenated alkanes) is 1. The molecule has 0 saturated carbocycles. The van der Waals surface area contributed by atoms with Crippen molar-refractivity contribution in [3.05, 3.63) is 93.4 Å². The molecule has 3 aromatic carbocycles. The minimum atomic E-state index is -4.15. The van der Waals surface area contributed by atoms with Crippen LogP contribution in [-0.4, -0.2) is 44.3 Å². The molecular formula is C29H33BrClN3O4S. The van der Waals surface area contributed by atoms with Gasteiger partial charge in [-0.05, 0) is 73.9 Å². The number of anilines is 1. The number of para-hydroxylation sites is 1. The van der Waals surface area contributed by atoms with Gasteiger partial charge in [0.1, 0.15) is 12.6 Å². The van der Waals surface area contributed by atoms with Crippen LogP contribution < -0.4 is 9.62 Å². The highest BCUT2D eigenvalue weighted by molar-refractivity contribution is 9.10. The molecule has 10 heteroatoms. The minimum Gasteiger partial charge on any atom is -0.354 e. The topological polar surface area (TPSA) is 86.8 Å². The zero-order chi connectivity index (χ0) is 28.6. The molecule has 0 heterocycles. The maximum absolute atomic E-state index is 13.9. The molecule has 0 aliphatic heterocycles. The summed E-state index contributed by atoms with van der Waals surface area (Å²) < 4.78 is 29.7. The van der Waals surface area contributed by atoms with Crippen molar-refractivity contribution in [3.8, 4) is 0 Å². The van der Waals surface area contributed by atoms with E-state index in [1.165, 1.54) is 29.2 Å². The molecule has 0 unspecified atom stereocenters. The fourth-order valence-corrected chi connectivity index (χ4v) is 6.09. The Labute approximate surface area is 244 Å². The van der Waals surface area contributed by atoms with Gasteiger partial charge in [-0.1, -0.05) is 71.2 Å². The normalized spacial score (nSPS) is 12.0. The summed E-state index contributed by atoms with van der Waals surface area (Å²) in [6.07, 6.45) is 1.74. The quantitative estimate of drug-likeness (QED) is 0.250. The molecule has 208 valence electrons. The second kappa shape index (κ2) is 14.0. The number of nitrogens with zero attached hydrogens (tertiary/aromatic N) is 2. The van der Waals surface area contributed by atoms with Gasteiger partial charge in [-0.25, -0.2) is 8.42 Å². The van der Waals surface area contributed by atoms with E-state index in [4.69, 9.17) is 11.6 Å². The molecule has 7 nitrogen and oxygen atoms in total. The van der Waals surface area contributed by atoms with Crippen LogP contribution in [0.25, 0.3) is 0 Å². The Balaban J connectivity index is 2.01. The van der Waals surface area contributed by atoms with Crippen LogP contribution in [0.4, 0.5) is 5.69 Å². The second-order valence-electron chi connectivity index (χ2n) is 9.22. The molecule has 3 aromatic rings. The summed E-state index contributed by atoms with van der Waals surface area (Å²) in [6.45, 7) is 5.61. The standard InChI is InChI=1S/C29H33BrClN3O4S/c1-4-5-17-32-29(36)22(3)33(19-23-10-8-11-24(30)18-23)28(35)20-34(27-12-7-6-9-21(27)2)39(37,38)26-15-13-25(31)14-16-26/h6-16,18,22H,4-5,17,19-20H2,1-3H3,(H,32,36)/t22-/m1/s1. The number of halogens is 2. The number of amides is 2. The number of nitrogens with one attached hydrogen (secondary N) is 1. The van der Waals surface area contributed by atoms with Gasteiger partial charge in [0.2, 0.25) is 11.8 Å². The van der Waals surface area contributed by atoms with Gasteiger partial charge >= 0.3 is 0 Å². The highest BCUT2D eigenvalue weighted by atomic mass is 79.9. The van der Waals surface area contributed by atoms with Crippen molar-refractivity contribution in [3.63, 3.8) is 0 Å². The molecule has 0 spiro atoms. The summed E-state index contributed by atoms with van der Waals surface area (Å²) >= 11 is 9.45. The van der Waals surface area contributed by atoms with Crippen LogP contribution in [0.3, 0.4) is 0 Å². The van der Waals surface area contributed by atoms with E-state index in [0.29, 0.717) is 22.8 Å². The van der Waals surface area contributed by atoms with Crippen molar-refractivity contribution in [2.75, 3.05) is 17.4 Å². The van der Waals surface area contributed by atoms with Gasteiger partial charge in [-0.15, -0.1) is 0 Å². The summed E-state index contributed by atoms with van der Waals surface area (Å²) in [7, 11) is -4.15. The molecule has 0 aromatic heterocycles. The van der Waals surface area contributed by atoms with E-state index in [-0.39, 0.29) is 17.3 Å². The molecule has 0 radical (unpaired) electrons. The zero-order valence-electron chi connectivity index (χ0n) is 22.2. The van der Waals surface area contributed by atoms with Crippen molar-refractivity contribution in [1.82, 2.24) is 10.2 Å². The molecule has 39 heavy (non-hydrogen) atoms. The van der Waals surface area contributed by atoms with E-state index in [0.717, 1.165) is 27.2 Å². The van der Waals surface area contributed by atoms with Crippen LogP contribution in [0, 0.1) is 6.92 Å². The number of carbonyl (C=O) groups is 2. The molecule has 3 rings (SSSR count). The smallest absolute Gasteiger partial charge is 0.264 e. The minimum absolute atomic E-state index is 0.00634. The SMILES string of the molecule is CCCCNC(=O)[C@@H](C)N(Cc1cccc(Br)c1)C(=O)CN(c1ccccc1C)S(=O)(=O)c1ccc(Cl)cc1. The Kier molecular flexibility index (Phi) is 11.0. The maximum Gasteiger partial charge on any atom is 0.264 e. The molecule has 0 bridgehead atoms. The molecule has 0 saturated heterocycles. The average molecular weight is 635 g/mol. The Morgan fingerprint density at radius 1 is 1.03 bits per heavy atom. The fraction of sp³-hybridized carbons (Fsp3) is 0.310. The van der Waals surface area contributed by atoms with Crippen molar-refractivity contribution in [1.29, 1.82) is 0 Å². The molecule has 0 fully saturated rings. The number of aryl methyl sites for hydroxylation is 1. The van der Waals surface area contributed by atoms with Crippen molar-refractivity contribution in [2.45, 2.75) is 51.1 Å². The maximum atomic E-state index is 13.9.